The lowest BCUT2D eigenvalue weighted by Gasteiger charge is -1.98. The van der Waals surface area contributed by atoms with Gasteiger partial charge in [0.2, 0.25) is 0 Å². The van der Waals surface area contributed by atoms with Gasteiger partial charge in [0.25, 0.3) is 0 Å². The Morgan fingerprint density at radius 1 is 1.12 bits per heavy atom. The van der Waals surface area contributed by atoms with Gasteiger partial charge in [-0.15, -0.1) is 5.10 Å². The maximum absolute atomic E-state index is 4.54. The van der Waals surface area contributed by atoms with Crippen molar-refractivity contribution in [2.75, 3.05) is 0 Å². The minimum absolute atomic E-state index is 0.823. The first-order chi connectivity index (χ1) is 8.27. The molecule has 0 saturated carbocycles. The summed E-state index contributed by atoms with van der Waals surface area (Å²) in [5.74, 6) is 0. The molecule has 0 unspecified atom stereocenters. The molecule has 0 radical (unpaired) electrons. The molecule has 3 aromatic rings. The Bertz CT molecular complexity index is 670. The van der Waals surface area contributed by atoms with Crippen molar-refractivity contribution in [2.24, 2.45) is 7.05 Å². The number of nitrogens with zero attached hydrogens (tertiary/aromatic N) is 4. The van der Waals surface area contributed by atoms with E-state index in [2.05, 4.69) is 27.4 Å². The highest BCUT2D eigenvalue weighted by Gasteiger charge is 2.13. The number of hydrogen-bond donors (Lipinski definition) is 0. The van der Waals surface area contributed by atoms with Crippen molar-refractivity contribution in [3.8, 4) is 11.3 Å². The molecule has 0 bridgehead atoms. The van der Waals surface area contributed by atoms with E-state index in [0.29, 0.717) is 0 Å². The van der Waals surface area contributed by atoms with E-state index in [1.807, 2.05) is 32.2 Å². The maximum atomic E-state index is 4.54. The zero-order valence-electron chi connectivity index (χ0n) is 9.75. The van der Waals surface area contributed by atoms with Crippen LogP contribution in [-0.4, -0.2) is 20.0 Å². The molecule has 0 N–H and O–H groups in total. The van der Waals surface area contributed by atoms with Crippen LogP contribution < -0.4 is 0 Å². The summed E-state index contributed by atoms with van der Waals surface area (Å²) in [7, 11) is 1.89. The number of rotatable bonds is 1. The second-order valence-corrected chi connectivity index (χ2v) is 4.06. The fourth-order valence-electron chi connectivity index (χ4n) is 2.03. The number of aromatic nitrogens is 4. The van der Waals surface area contributed by atoms with Gasteiger partial charge in [0.1, 0.15) is 5.69 Å². The molecule has 4 heteroatoms. The van der Waals surface area contributed by atoms with E-state index in [4.69, 9.17) is 0 Å². The molecule has 17 heavy (non-hydrogen) atoms. The van der Waals surface area contributed by atoms with E-state index in [1.165, 1.54) is 0 Å². The van der Waals surface area contributed by atoms with Gasteiger partial charge in [-0.25, -0.2) is 4.68 Å². The van der Waals surface area contributed by atoms with E-state index >= 15 is 0 Å². The topological polar surface area (TPSA) is 43.6 Å². The summed E-state index contributed by atoms with van der Waals surface area (Å²) in [4.78, 5) is 0. The Labute approximate surface area is 98.9 Å². The molecule has 0 spiro atoms. The van der Waals surface area contributed by atoms with Crippen LogP contribution >= 0.6 is 0 Å². The zero-order chi connectivity index (χ0) is 11.8. The smallest absolute Gasteiger partial charge is 0.181 e. The van der Waals surface area contributed by atoms with Gasteiger partial charge < -0.3 is 0 Å². The zero-order valence-corrected chi connectivity index (χ0v) is 9.75. The molecule has 2 aromatic heterocycles. The molecular weight excluding hydrogens is 212 g/mol. The molecule has 0 aliphatic rings. The highest BCUT2D eigenvalue weighted by Crippen LogP contribution is 2.27. The summed E-state index contributed by atoms with van der Waals surface area (Å²) in [5.41, 5.74) is 4.00. The average Bonchev–Trinajstić information content (AvgIpc) is 2.70. The first kappa shape index (κ1) is 9.96. The van der Waals surface area contributed by atoms with Crippen molar-refractivity contribution in [1.82, 2.24) is 20.0 Å². The molecule has 84 valence electrons. The van der Waals surface area contributed by atoms with E-state index in [9.17, 15) is 0 Å². The molecular formula is C13H12N4. The number of hydrogen-bond acceptors (Lipinski definition) is 3. The Morgan fingerprint density at radius 2 is 1.88 bits per heavy atom. The van der Waals surface area contributed by atoms with E-state index in [-0.39, 0.29) is 0 Å². The van der Waals surface area contributed by atoms with Gasteiger partial charge in [0, 0.05) is 12.6 Å². The first-order valence-corrected chi connectivity index (χ1v) is 5.48. The van der Waals surface area contributed by atoms with Crippen LogP contribution in [0.15, 0.2) is 36.5 Å². The first-order valence-electron chi connectivity index (χ1n) is 5.48. The van der Waals surface area contributed by atoms with Crippen LogP contribution in [0.4, 0.5) is 0 Å². The highest BCUT2D eigenvalue weighted by molar-refractivity contribution is 5.93. The van der Waals surface area contributed by atoms with Crippen LogP contribution in [0, 0.1) is 6.92 Å². The predicted octanol–water partition coefficient (Wildman–Crippen LogP) is 2.34. The van der Waals surface area contributed by atoms with Crippen molar-refractivity contribution >= 4 is 11.0 Å². The van der Waals surface area contributed by atoms with Crippen LogP contribution in [0.3, 0.4) is 0 Å². The van der Waals surface area contributed by atoms with Crippen molar-refractivity contribution in [2.45, 2.75) is 6.92 Å². The highest BCUT2D eigenvalue weighted by atomic mass is 15.3. The molecule has 4 nitrogen and oxygen atoms in total. The summed E-state index contributed by atoms with van der Waals surface area (Å²) in [6.07, 6.45) is 1.77. The lowest BCUT2D eigenvalue weighted by atomic mass is 10.1. The number of aryl methyl sites for hydroxylation is 2. The molecule has 0 saturated heterocycles. The Kier molecular flexibility index (Phi) is 2.14. The van der Waals surface area contributed by atoms with E-state index in [0.717, 1.165) is 27.9 Å². The largest absolute Gasteiger partial charge is 0.248 e. The van der Waals surface area contributed by atoms with Crippen LogP contribution in [0.2, 0.25) is 0 Å². The van der Waals surface area contributed by atoms with Gasteiger partial charge in [0.15, 0.2) is 5.65 Å². The summed E-state index contributed by atoms with van der Waals surface area (Å²) in [6.45, 7) is 2.03. The SMILES string of the molecule is Cc1cnnc2c1c(-c1ccccc1)nn2C. The minimum Gasteiger partial charge on any atom is -0.248 e. The normalized spacial score (nSPS) is 10.9. The molecule has 2 heterocycles. The predicted molar refractivity (Wildman–Crippen MR) is 66.5 cm³/mol. The van der Waals surface area contributed by atoms with Gasteiger partial charge in [-0.1, -0.05) is 30.3 Å². The molecule has 3 rings (SSSR count). The van der Waals surface area contributed by atoms with Gasteiger partial charge in [-0.3, -0.25) is 0 Å². The van der Waals surface area contributed by atoms with Gasteiger partial charge in [-0.05, 0) is 12.5 Å². The molecule has 0 amide bonds. The molecule has 0 aliphatic heterocycles. The molecule has 0 aliphatic carbocycles. The number of fused-ring (bicyclic) bond motifs is 1. The fraction of sp³-hybridized carbons (Fsp3) is 0.154. The summed E-state index contributed by atoms with van der Waals surface area (Å²) in [6, 6.07) is 10.1. The van der Waals surface area contributed by atoms with Crippen LogP contribution in [0.1, 0.15) is 5.56 Å². The molecule has 0 atom stereocenters. The van der Waals surface area contributed by atoms with Crippen molar-refractivity contribution in [1.29, 1.82) is 0 Å². The fourth-order valence-corrected chi connectivity index (χ4v) is 2.03. The van der Waals surface area contributed by atoms with Crippen molar-refractivity contribution in [3.05, 3.63) is 42.1 Å². The standard InChI is InChI=1S/C13H12N4/c1-9-8-14-15-13-11(9)12(16-17(13)2)10-6-4-3-5-7-10/h3-8H,1-2H3. The van der Waals surface area contributed by atoms with Gasteiger partial charge >= 0.3 is 0 Å². The molecule has 1 aromatic carbocycles. The Balaban J connectivity index is 2.38. The van der Waals surface area contributed by atoms with Crippen LogP contribution in [0.25, 0.3) is 22.3 Å². The minimum atomic E-state index is 0.823. The lowest BCUT2D eigenvalue weighted by Crippen LogP contribution is -1.93. The monoisotopic (exact) mass is 224 g/mol. The van der Waals surface area contributed by atoms with Crippen molar-refractivity contribution < 1.29 is 0 Å². The molecule has 0 fully saturated rings. The van der Waals surface area contributed by atoms with E-state index < -0.39 is 0 Å². The second-order valence-electron chi connectivity index (χ2n) is 4.06. The quantitative estimate of drug-likeness (QED) is 0.637. The average molecular weight is 224 g/mol. The lowest BCUT2D eigenvalue weighted by molar-refractivity contribution is 0.780. The Morgan fingerprint density at radius 3 is 2.65 bits per heavy atom. The van der Waals surface area contributed by atoms with Crippen molar-refractivity contribution in [3.63, 3.8) is 0 Å². The third kappa shape index (κ3) is 1.49. The third-order valence-electron chi connectivity index (χ3n) is 2.86. The summed E-state index contributed by atoms with van der Waals surface area (Å²) >= 11 is 0. The van der Waals surface area contributed by atoms with E-state index in [1.54, 1.807) is 10.9 Å². The van der Waals surface area contributed by atoms with Crippen LogP contribution in [0.5, 0.6) is 0 Å². The third-order valence-corrected chi connectivity index (χ3v) is 2.86. The van der Waals surface area contributed by atoms with Gasteiger partial charge in [0.05, 0.1) is 11.6 Å². The summed E-state index contributed by atoms with van der Waals surface area (Å²) < 4.78 is 1.78. The second kappa shape index (κ2) is 3.66. The maximum Gasteiger partial charge on any atom is 0.181 e. The number of benzene rings is 1. The van der Waals surface area contributed by atoms with Crippen LogP contribution in [-0.2, 0) is 7.05 Å². The van der Waals surface area contributed by atoms with Gasteiger partial charge in [-0.2, -0.15) is 10.2 Å². The summed E-state index contributed by atoms with van der Waals surface area (Å²) in [5, 5.41) is 13.7. The Hall–Kier alpha value is -2.23.